The Balaban J connectivity index is 2.50. The average Bonchev–Trinajstić information content (AvgIpc) is 2.18. The Morgan fingerprint density at radius 1 is 1.00 bits per heavy atom. The van der Waals surface area contributed by atoms with E-state index >= 15 is 0 Å². The molecule has 0 amide bonds. The molecule has 0 nitrogen and oxygen atoms in total. The summed E-state index contributed by atoms with van der Waals surface area (Å²) in [5.74, 6) is 0. The van der Waals surface area contributed by atoms with Crippen LogP contribution in [0.15, 0.2) is 41.4 Å². The van der Waals surface area contributed by atoms with Crippen molar-refractivity contribution in [3.8, 4) is 0 Å². The Labute approximate surface area is 87.8 Å². The molecule has 0 fully saturated rings. The second-order valence-electron chi connectivity index (χ2n) is 3.37. The second-order valence-corrected chi connectivity index (χ2v) is 3.78. The summed E-state index contributed by atoms with van der Waals surface area (Å²) in [6.45, 7) is 0. The maximum atomic E-state index is 5.98. The smallest absolute Gasteiger partial charge is 0.0351 e. The standard InChI is InChI=1S/C13H7Cl/c14-12-7-10-5-1-3-9-4-2-6-11(8-12)13(9)10/h1-7H. The van der Waals surface area contributed by atoms with Crippen LogP contribution in [0.2, 0.25) is 0 Å². The third-order valence-corrected chi connectivity index (χ3v) is 2.68. The first-order chi connectivity index (χ1) is 6.84. The van der Waals surface area contributed by atoms with Crippen molar-refractivity contribution in [2.75, 3.05) is 0 Å². The van der Waals surface area contributed by atoms with E-state index in [4.69, 9.17) is 11.6 Å². The van der Waals surface area contributed by atoms with Gasteiger partial charge in [-0.05, 0) is 21.9 Å². The van der Waals surface area contributed by atoms with Gasteiger partial charge in [-0.3, -0.25) is 0 Å². The van der Waals surface area contributed by atoms with Gasteiger partial charge in [0.15, 0.2) is 0 Å². The summed E-state index contributed by atoms with van der Waals surface area (Å²) in [4.78, 5) is 0. The molecular weight excluding hydrogens is 192 g/mol. The normalized spacial score (nSPS) is 14.2. The van der Waals surface area contributed by atoms with Gasteiger partial charge in [0.1, 0.15) is 0 Å². The number of rotatable bonds is 0. The van der Waals surface area contributed by atoms with Crippen molar-refractivity contribution in [1.29, 1.82) is 0 Å². The van der Waals surface area contributed by atoms with Crippen molar-refractivity contribution in [3.63, 3.8) is 0 Å². The van der Waals surface area contributed by atoms with Gasteiger partial charge in [0.05, 0.1) is 0 Å². The Bertz CT molecular complexity index is 533. The van der Waals surface area contributed by atoms with Crippen molar-refractivity contribution in [1.82, 2.24) is 0 Å². The van der Waals surface area contributed by atoms with Gasteiger partial charge in [0.2, 0.25) is 0 Å². The second kappa shape index (κ2) is 2.86. The highest BCUT2D eigenvalue weighted by atomic mass is 35.5. The van der Waals surface area contributed by atoms with Gasteiger partial charge in [0.25, 0.3) is 0 Å². The Hall–Kier alpha value is -1.27. The molecule has 14 heavy (non-hydrogen) atoms. The summed E-state index contributed by atoms with van der Waals surface area (Å²) in [5.41, 5.74) is 2.27. The van der Waals surface area contributed by atoms with Gasteiger partial charge in [0, 0.05) is 17.5 Å². The minimum absolute atomic E-state index is 0.677. The van der Waals surface area contributed by atoms with E-state index in [0.29, 0.717) is 5.03 Å². The molecule has 0 aromatic heterocycles. The topological polar surface area (TPSA) is 0 Å². The van der Waals surface area contributed by atoms with Crippen LogP contribution < -0.4 is 0 Å². The summed E-state index contributed by atoms with van der Waals surface area (Å²) in [5, 5.41) is 3.17. The van der Waals surface area contributed by atoms with Crippen LogP contribution in [0.1, 0.15) is 11.1 Å². The van der Waals surface area contributed by atoms with Gasteiger partial charge in [-0.2, -0.15) is 0 Å². The first-order valence-corrected chi connectivity index (χ1v) is 4.88. The van der Waals surface area contributed by atoms with Crippen LogP contribution in [0.4, 0.5) is 0 Å². The summed E-state index contributed by atoms with van der Waals surface area (Å²) < 4.78 is 0. The highest BCUT2D eigenvalue weighted by Gasteiger charge is 2.11. The van der Waals surface area contributed by atoms with Gasteiger partial charge in [-0.25, -0.2) is 0 Å². The van der Waals surface area contributed by atoms with Gasteiger partial charge in [-0.15, -0.1) is 0 Å². The third kappa shape index (κ3) is 1.08. The van der Waals surface area contributed by atoms with E-state index in [-0.39, 0.29) is 0 Å². The van der Waals surface area contributed by atoms with Crippen molar-refractivity contribution < 1.29 is 0 Å². The first-order valence-electron chi connectivity index (χ1n) is 4.50. The number of hydrogen-bond acceptors (Lipinski definition) is 0. The van der Waals surface area contributed by atoms with Crippen LogP contribution >= 0.6 is 11.6 Å². The van der Waals surface area contributed by atoms with Crippen molar-refractivity contribution in [2.24, 2.45) is 0 Å². The largest absolute Gasteiger partial charge is 0.0877 e. The molecule has 66 valence electrons. The van der Waals surface area contributed by atoms with E-state index in [1.165, 1.54) is 16.3 Å². The quantitative estimate of drug-likeness (QED) is 0.606. The summed E-state index contributed by atoms with van der Waals surface area (Å²) in [6.07, 6.45) is 5.11. The van der Waals surface area contributed by atoms with E-state index in [2.05, 4.69) is 24.3 Å². The molecule has 1 aliphatic rings. The number of benzene rings is 2. The van der Waals surface area contributed by atoms with E-state index < -0.39 is 0 Å². The highest BCUT2D eigenvalue weighted by molar-refractivity contribution is 6.31. The monoisotopic (exact) mass is 198 g/mol. The van der Waals surface area contributed by atoms with Crippen molar-refractivity contribution >= 4 is 22.4 Å². The molecule has 0 spiro atoms. The molecule has 3 rings (SSSR count). The Morgan fingerprint density at radius 2 is 1.79 bits per heavy atom. The molecule has 0 saturated carbocycles. The Kier molecular flexibility index (Phi) is 1.65. The zero-order chi connectivity index (χ0) is 9.54. The molecular formula is C13H7Cl. The van der Waals surface area contributed by atoms with Crippen LogP contribution in [-0.4, -0.2) is 0 Å². The van der Waals surface area contributed by atoms with E-state index in [1.807, 2.05) is 24.6 Å². The van der Waals surface area contributed by atoms with Crippen LogP contribution in [0.3, 0.4) is 0 Å². The molecule has 0 unspecified atom stereocenters. The Morgan fingerprint density at radius 3 is 2.64 bits per heavy atom. The maximum Gasteiger partial charge on any atom is 0.0351 e. The van der Waals surface area contributed by atoms with Gasteiger partial charge >= 0.3 is 0 Å². The maximum absolute atomic E-state index is 5.98. The molecule has 0 bridgehead atoms. The molecule has 2 aromatic carbocycles. The summed E-state index contributed by atoms with van der Waals surface area (Å²) in [6, 6.07) is 12.4. The molecule has 0 heterocycles. The molecule has 2 radical (unpaired) electrons. The van der Waals surface area contributed by atoms with Gasteiger partial charge in [-0.1, -0.05) is 48.0 Å². The SMILES string of the molecule is ClC1=[C]c2cccc3cccc(c23)[CH]1. The predicted octanol–water partition coefficient (Wildman–Crippen LogP) is 3.68. The molecule has 0 atom stereocenters. The fourth-order valence-corrected chi connectivity index (χ4v) is 2.12. The molecule has 0 N–H and O–H groups in total. The lowest BCUT2D eigenvalue weighted by Crippen LogP contribution is -1.94. The fourth-order valence-electron chi connectivity index (χ4n) is 1.90. The number of halogens is 1. The van der Waals surface area contributed by atoms with Gasteiger partial charge < -0.3 is 0 Å². The van der Waals surface area contributed by atoms with Crippen molar-refractivity contribution in [3.05, 3.63) is 65.1 Å². The number of hydrogen-bond donors (Lipinski definition) is 0. The molecule has 1 aliphatic carbocycles. The molecule has 1 heteroatoms. The van der Waals surface area contributed by atoms with Crippen LogP contribution in [0.5, 0.6) is 0 Å². The average molecular weight is 199 g/mol. The lowest BCUT2D eigenvalue weighted by atomic mass is 9.93. The fraction of sp³-hybridized carbons (Fsp3) is 0. The predicted molar refractivity (Wildman–Crippen MR) is 59.1 cm³/mol. The minimum Gasteiger partial charge on any atom is -0.0877 e. The summed E-state index contributed by atoms with van der Waals surface area (Å²) in [7, 11) is 0. The zero-order valence-electron chi connectivity index (χ0n) is 7.42. The van der Waals surface area contributed by atoms with Crippen LogP contribution in [0, 0.1) is 12.5 Å². The van der Waals surface area contributed by atoms with E-state index in [1.54, 1.807) is 0 Å². The summed E-state index contributed by atoms with van der Waals surface area (Å²) >= 11 is 5.98. The lowest BCUT2D eigenvalue weighted by Gasteiger charge is -2.13. The molecule has 2 aromatic rings. The van der Waals surface area contributed by atoms with Crippen molar-refractivity contribution in [2.45, 2.75) is 0 Å². The van der Waals surface area contributed by atoms with Crippen LogP contribution in [-0.2, 0) is 0 Å². The van der Waals surface area contributed by atoms with Crippen LogP contribution in [0.25, 0.3) is 10.8 Å². The minimum atomic E-state index is 0.677. The number of allylic oxidation sites excluding steroid dienone is 1. The third-order valence-electron chi connectivity index (χ3n) is 2.47. The molecule has 0 saturated heterocycles. The van der Waals surface area contributed by atoms with E-state index in [0.717, 1.165) is 5.56 Å². The highest BCUT2D eigenvalue weighted by Crippen LogP contribution is 2.31. The lowest BCUT2D eigenvalue weighted by molar-refractivity contribution is 1.45. The zero-order valence-corrected chi connectivity index (χ0v) is 8.18. The first kappa shape index (κ1) is 8.07. The molecule has 0 aliphatic heterocycles. The van der Waals surface area contributed by atoms with E-state index in [9.17, 15) is 0 Å².